The summed E-state index contributed by atoms with van der Waals surface area (Å²) in [5, 5.41) is 6.64. The van der Waals surface area contributed by atoms with E-state index in [1.807, 2.05) is 43.3 Å². The van der Waals surface area contributed by atoms with E-state index in [4.69, 9.17) is 0 Å². The number of urea groups is 1. The third-order valence-corrected chi connectivity index (χ3v) is 5.93. The molecule has 8 nitrogen and oxygen atoms in total. The molecule has 158 valence electrons. The summed E-state index contributed by atoms with van der Waals surface area (Å²) < 4.78 is 0. The second kappa shape index (κ2) is 7.93. The monoisotopic (exact) mass is 409 g/mol. The number of hydrogen-bond donors (Lipinski definition) is 2. The molecule has 1 saturated heterocycles. The zero-order valence-corrected chi connectivity index (χ0v) is 17.4. The SMILES string of the molecule is CN(C)c1ccc2cc(NC(=O)CCN3C(=O)NC4(CCCCC4)C3=O)ccc2n1. The molecule has 1 aliphatic heterocycles. The van der Waals surface area contributed by atoms with Crippen LogP contribution in [0.15, 0.2) is 30.3 Å². The van der Waals surface area contributed by atoms with Crippen molar-refractivity contribution in [3.63, 3.8) is 0 Å². The Bertz CT molecular complexity index is 997. The molecule has 0 unspecified atom stereocenters. The van der Waals surface area contributed by atoms with Gasteiger partial charge in [0.05, 0.1) is 5.52 Å². The lowest BCUT2D eigenvalue weighted by Gasteiger charge is -2.30. The average molecular weight is 409 g/mol. The van der Waals surface area contributed by atoms with Crippen LogP contribution in [0.2, 0.25) is 0 Å². The Morgan fingerprint density at radius 2 is 1.93 bits per heavy atom. The van der Waals surface area contributed by atoms with Gasteiger partial charge in [0.25, 0.3) is 5.91 Å². The molecule has 0 radical (unpaired) electrons. The fraction of sp³-hybridized carbons (Fsp3) is 0.455. The summed E-state index contributed by atoms with van der Waals surface area (Å²) in [4.78, 5) is 45.2. The first-order valence-electron chi connectivity index (χ1n) is 10.4. The van der Waals surface area contributed by atoms with E-state index in [0.717, 1.165) is 36.0 Å². The molecule has 2 heterocycles. The lowest BCUT2D eigenvalue weighted by molar-refractivity contribution is -0.132. The third-order valence-electron chi connectivity index (χ3n) is 5.93. The number of nitrogens with zero attached hydrogens (tertiary/aromatic N) is 3. The Kier molecular flexibility index (Phi) is 5.32. The largest absolute Gasteiger partial charge is 0.363 e. The van der Waals surface area contributed by atoms with Gasteiger partial charge in [-0.05, 0) is 43.2 Å². The highest BCUT2D eigenvalue weighted by Crippen LogP contribution is 2.33. The van der Waals surface area contributed by atoms with Crippen molar-refractivity contribution in [3.05, 3.63) is 30.3 Å². The van der Waals surface area contributed by atoms with Gasteiger partial charge in [0, 0.05) is 38.1 Å². The number of amides is 4. The third kappa shape index (κ3) is 3.81. The van der Waals surface area contributed by atoms with Gasteiger partial charge in [-0.3, -0.25) is 14.5 Å². The zero-order chi connectivity index (χ0) is 21.3. The molecule has 2 aliphatic rings. The highest BCUT2D eigenvalue weighted by Gasteiger charge is 2.51. The van der Waals surface area contributed by atoms with Gasteiger partial charge in [-0.15, -0.1) is 0 Å². The predicted molar refractivity (Wildman–Crippen MR) is 115 cm³/mol. The number of imide groups is 1. The molecule has 1 saturated carbocycles. The molecule has 2 fully saturated rings. The van der Waals surface area contributed by atoms with Gasteiger partial charge in [0.15, 0.2) is 0 Å². The molecule has 1 spiro atoms. The molecule has 8 heteroatoms. The van der Waals surface area contributed by atoms with Crippen LogP contribution in [-0.2, 0) is 9.59 Å². The fourth-order valence-electron chi connectivity index (χ4n) is 4.25. The minimum absolute atomic E-state index is 0.0606. The molecule has 1 aromatic carbocycles. The first kappa shape index (κ1) is 20.1. The van der Waals surface area contributed by atoms with Crippen molar-refractivity contribution in [2.24, 2.45) is 0 Å². The molecule has 2 aromatic rings. The van der Waals surface area contributed by atoms with Gasteiger partial charge in [-0.25, -0.2) is 9.78 Å². The van der Waals surface area contributed by atoms with Crippen molar-refractivity contribution in [1.29, 1.82) is 0 Å². The Labute approximate surface area is 175 Å². The summed E-state index contributed by atoms with van der Waals surface area (Å²) in [5.41, 5.74) is 0.756. The lowest BCUT2D eigenvalue weighted by Crippen LogP contribution is -2.48. The number of hydrogen-bond acceptors (Lipinski definition) is 5. The van der Waals surface area contributed by atoms with Gasteiger partial charge in [-0.2, -0.15) is 0 Å². The summed E-state index contributed by atoms with van der Waals surface area (Å²) in [6.45, 7) is 0.0829. The molecular formula is C22H27N5O3. The van der Waals surface area contributed by atoms with E-state index in [9.17, 15) is 14.4 Å². The zero-order valence-electron chi connectivity index (χ0n) is 17.4. The Morgan fingerprint density at radius 1 is 1.17 bits per heavy atom. The van der Waals surface area contributed by atoms with Gasteiger partial charge in [0.2, 0.25) is 5.91 Å². The number of carbonyl (C=O) groups excluding carboxylic acids is 3. The first-order chi connectivity index (χ1) is 14.4. The molecule has 1 aromatic heterocycles. The second-order valence-electron chi connectivity index (χ2n) is 8.30. The second-order valence-corrected chi connectivity index (χ2v) is 8.30. The van der Waals surface area contributed by atoms with Crippen molar-refractivity contribution in [1.82, 2.24) is 15.2 Å². The molecule has 4 amide bonds. The van der Waals surface area contributed by atoms with Crippen molar-refractivity contribution in [2.45, 2.75) is 44.1 Å². The van der Waals surface area contributed by atoms with Crippen LogP contribution in [0.5, 0.6) is 0 Å². The Balaban J connectivity index is 1.37. The highest BCUT2D eigenvalue weighted by molar-refractivity contribution is 6.07. The van der Waals surface area contributed by atoms with Crippen LogP contribution in [0, 0.1) is 0 Å². The van der Waals surface area contributed by atoms with Gasteiger partial charge in [-0.1, -0.05) is 19.3 Å². The Hall–Kier alpha value is -3.16. The van der Waals surface area contributed by atoms with Gasteiger partial charge >= 0.3 is 6.03 Å². The van der Waals surface area contributed by atoms with Gasteiger partial charge < -0.3 is 15.5 Å². The summed E-state index contributed by atoms with van der Waals surface area (Å²) in [5.74, 6) is 0.439. The molecular weight excluding hydrogens is 382 g/mol. The summed E-state index contributed by atoms with van der Waals surface area (Å²) in [7, 11) is 3.87. The number of nitrogens with one attached hydrogen (secondary N) is 2. The molecule has 30 heavy (non-hydrogen) atoms. The quantitative estimate of drug-likeness (QED) is 0.741. The number of pyridine rings is 1. The van der Waals surface area contributed by atoms with Crippen molar-refractivity contribution >= 4 is 40.3 Å². The fourth-order valence-corrected chi connectivity index (χ4v) is 4.25. The van der Waals surface area contributed by atoms with E-state index >= 15 is 0 Å². The molecule has 0 atom stereocenters. The number of aromatic nitrogens is 1. The maximum Gasteiger partial charge on any atom is 0.325 e. The van der Waals surface area contributed by atoms with E-state index in [-0.39, 0.29) is 30.8 Å². The minimum Gasteiger partial charge on any atom is -0.363 e. The van der Waals surface area contributed by atoms with E-state index in [0.29, 0.717) is 18.5 Å². The van der Waals surface area contributed by atoms with Crippen LogP contribution in [0.3, 0.4) is 0 Å². The normalized spacial score (nSPS) is 18.0. The van der Waals surface area contributed by atoms with Crippen LogP contribution >= 0.6 is 0 Å². The van der Waals surface area contributed by atoms with E-state index in [1.54, 1.807) is 6.07 Å². The van der Waals surface area contributed by atoms with Crippen LogP contribution < -0.4 is 15.5 Å². The number of carbonyl (C=O) groups is 3. The summed E-state index contributed by atoms with van der Waals surface area (Å²) in [6, 6.07) is 9.03. The summed E-state index contributed by atoms with van der Waals surface area (Å²) in [6.07, 6.45) is 4.39. The average Bonchev–Trinajstić information content (AvgIpc) is 2.95. The minimum atomic E-state index is -0.747. The number of benzene rings is 1. The lowest BCUT2D eigenvalue weighted by atomic mass is 9.82. The predicted octanol–water partition coefficient (Wildman–Crippen LogP) is 2.88. The molecule has 4 rings (SSSR count). The van der Waals surface area contributed by atoms with Crippen molar-refractivity contribution in [3.8, 4) is 0 Å². The topological polar surface area (TPSA) is 94.6 Å². The smallest absolute Gasteiger partial charge is 0.325 e. The van der Waals surface area contributed by atoms with Crippen molar-refractivity contribution < 1.29 is 14.4 Å². The number of fused-ring (bicyclic) bond motifs is 1. The van der Waals surface area contributed by atoms with Crippen LogP contribution in [-0.4, -0.2) is 53.9 Å². The molecule has 1 aliphatic carbocycles. The summed E-state index contributed by atoms with van der Waals surface area (Å²) >= 11 is 0. The first-order valence-corrected chi connectivity index (χ1v) is 10.4. The van der Waals surface area contributed by atoms with Crippen LogP contribution in [0.25, 0.3) is 10.9 Å². The van der Waals surface area contributed by atoms with E-state index in [1.165, 1.54) is 4.90 Å². The molecule has 2 N–H and O–H groups in total. The maximum atomic E-state index is 12.8. The highest BCUT2D eigenvalue weighted by atomic mass is 16.2. The Morgan fingerprint density at radius 3 is 2.67 bits per heavy atom. The van der Waals surface area contributed by atoms with Crippen LogP contribution in [0.4, 0.5) is 16.3 Å². The standard InChI is InChI=1S/C22H27N5O3/c1-26(2)18-9-6-15-14-16(7-8-17(15)24-18)23-19(28)10-13-27-20(29)22(25-21(27)30)11-4-3-5-12-22/h6-9,14H,3-5,10-13H2,1-2H3,(H,23,28)(H,25,30). The van der Waals surface area contributed by atoms with Crippen LogP contribution in [0.1, 0.15) is 38.5 Å². The number of rotatable bonds is 5. The number of anilines is 2. The maximum absolute atomic E-state index is 12.8. The van der Waals surface area contributed by atoms with E-state index in [2.05, 4.69) is 15.6 Å². The molecule has 0 bridgehead atoms. The van der Waals surface area contributed by atoms with Gasteiger partial charge in [0.1, 0.15) is 11.4 Å². The van der Waals surface area contributed by atoms with E-state index < -0.39 is 5.54 Å². The van der Waals surface area contributed by atoms with Crippen molar-refractivity contribution in [2.75, 3.05) is 30.9 Å².